The number of pyridine rings is 5. The van der Waals surface area contributed by atoms with E-state index >= 15 is 0 Å². The van der Waals surface area contributed by atoms with Crippen LogP contribution >= 0.6 is 0 Å². The van der Waals surface area contributed by atoms with E-state index in [-0.39, 0.29) is 45.8 Å². The number of benzene rings is 7. The fourth-order valence-electron chi connectivity index (χ4n) is 16.0. The number of fused-ring (bicyclic) bond motifs is 7. The van der Waals surface area contributed by atoms with Crippen LogP contribution in [0.1, 0.15) is 112 Å². The number of aromatic nitrogens is 17. The van der Waals surface area contributed by atoms with Crippen molar-refractivity contribution in [3.05, 3.63) is 280 Å². The third kappa shape index (κ3) is 28.7. The van der Waals surface area contributed by atoms with Gasteiger partial charge in [-0.2, -0.15) is 22.0 Å². The van der Waals surface area contributed by atoms with Gasteiger partial charge in [-0.25, -0.2) is 29.9 Å². The zero-order valence-electron chi connectivity index (χ0n) is 82.9. The van der Waals surface area contributed by atoms with E-state index < -0.39 is 84.2 Å². The first-order valence-corrected chi connectivity index (χ1v) is 54.4. The van der Waals surface area contributed by atoms with Gasteiger partial charge in [0.1, 0.15) is 28.7 Å². The number of alkyl halides is 5. The van der Waals surface area contributed by atoms with E-state index in [9.17, 15) is 52.3 Å². The fraction of sp³-hybridized carbons (Fsp3) is 0.298. The molecule has 0 spiro atoms. The Kier molecular flexibility index (Phi) is 38.6. The van der Waals surface area contributed by atoms with Crippen LogP contribution < -0.4 is 38.1 Å². The van der Waals surface area contributed by atoms with E-state index in [0.29, 0.717) is 101 Å². The monoisotopic (exact) mass is 2140 g/mol. The number of aromatic amines is 6. The number of ether oxygens (including phenoxy) is 8. The zero-order chi connectivity index (χ0) is 105. The average molecular weight is 2140 g/mol. The van der Waals surface area contributed by atoms with Crippen LogP contribution in [0, 0.1) is 33.6 Å². The standard InChI is InChI=1S/C19H23N3OS.C18H21N3O3S.C18H19N3O2S.C17H19N3O3S.C16H14F3N3O2S.C16H15F2N3O4S/c1-14(2)12-22(3)18-11-7-4-8-15(18)13-24(23)19-20-16-9-5-6-10-17(16)21-19;1-13-16(19-9-8-17(13)24-11-5-10-23-2)12-25(22)18-20-14-6-3-4-7-15(14)21-18;22-11-12-9-10-19-17-13(12)5-1-4-8-16(17)24(23)18-20-14-6-2-3-7-15(14)21-18;1-10-8-18-15(11(2)16(10)23-4)9-24(21)17-19-13-6-5-12(22-3)7-14(13)20-17;1-10-13(20-7-6-14(10)24-9-16(17,18)19)8-25(23)15-21-11-4-2-3-5-12(11)22-15;1-23-13-5-6-19-12(14(13)24-2)8-26(22)16-20-10-4-3-9(25-15(17)18)7-11(10)21-16/h4-11,14H,12-13H2,1-3H3,(H,20,21);3-4,6-9H,5,10-12H2,1-2H3,(H,20,21);2-3,6-7,9-10,16,22H,1,4-5,8,11H2,(H,20,21);5-8H,9H2,1-4H3,(H,19,20);2-7H,8-9H2,1H3,(H,21,22);3-7,15H,8H2,1-2H3,(H,20,21). The molecule has 0 aliphatic heterocycles. The molecular weight excluding hydrogens is 2030 g/mol. The average Bonchev–Trinajstić information content (AvgIpc) is 1.63. The van der Waals surface area contributed by atoms with Crippen molar-refractivity contribution in [3.63, 3.8) is 0 Å². The summed E-state index contributed by atoms with van der Waals surface area (Å²) in [5.74, 6) is 4.88. The Morgan fingerprint density at radius 3 is 1.35 bits per heavy atom. The van der Waals surface area contributed by atoms with Gasteiger partial charge in [0.2, 0.25) is 0 Å². The van der Waals surface area contributed by atoms with Crippen LogP contribution in [0.3, 0.4) is 0 Å². The highest BCUT2D eigenvalue weighted by molar-refractivity contribution is 7.85. The molecule has 0 saturated carbocycles. The molecule has 7 unspecified atom stereocenters. The molecule has 11 aromatic heterocycles. The van der Waals surface area contributed by atoms with Crippen molar-refractivity contribution in [3.8, 4) is 40.2 Å². The normalized spacial score (nSPS) is 13.6. The number of anilines is 1. The Morgan fingerprint density at radius 2 is 0.872 bits per heavy atom. The molecule has 33 nitrogen and oxygen atoms in total. The third-order valence-electron chi connectivity index (χ3n) is 23.3. The van der Waals surface area contributed by atoms with Gasteiger partial charge in [0.15, 0.2) is 49.0 Å². The lowest BCUT2D eigenvalue weighted by molar-refractivity contribution is -0.153. The molecule has 1 aliphatic carbocycles. The lowest BCUT2D eigenvalue weighted by atomic mass is 10.0. The topological polar surface area (TPSA) is 436 Å². The van der Waals surface area contributed by atoms with Crippen LogP contribution in [0.5, 0.6) is 40.2 Å². The van der Waals surface area contributed by atoms with Gasteiger partial charge in [-0.3, -0.25) is 50.2 Å². The summed E-state index contributed by atoms with van der Waals surface area (Å²) in [5.41, 5.74) is 19.7. The molecule has 44 heteroatoms. The predicted molar refractivity (Wildman–Crippen MR) is 561 cm³/mol. The summed E-state index contributed by atoms with van der Waals surface area (Å²) in [6.45, 7) is 9.67. The van der Waals surface area contributed by atoms with Gasteiger partial charge in [-0.05, 0) is 167 Å². The summed E-state index contributed by atoms with van der Waals surface area (Å²) in [6, 6.07) is 55.0. The summed E-state index contributed by atoms with van der Waals surface area (Å²) in [7, 11) is 1.76. The number of para-hydroxylation sites is 9. The van der Waals surface area contributed by atoms with Crippen LogP contribution in [0.4, 0.5) is 27.6 Å². The quantitative estimate of drug-likeness (QED) is 0.0112. The Balaban J connectivity index is 0.000000140. The van der Waals surface area contributed by atoms with E-state index in [1.54, 1.807) is 59.0 Å². The smallest absolute Gasteiger partial charge is 0.422 e. The van der Waals surface area contributed by atoms with Gasteiger partial charge in [0.25, 0.3) is 0 Å². The van der Waals surface area contributed by atoms with Crippen molar-refractivity contribution >= 4 is 137 Å². The number of nitrogens with zero attached hydrogens (tertiary/aromatic N) is 12. The van der Waals surface area contributed by atoms with Crippen molar-refractivity contribution < 1.29 is 90.2 Å². The Hall–Kier alpha value is -14.0. The Labute approximate surface area is 864 Å². The lowest BCUT2D eigenvalue weighted by Crippen LogP contribution is -2.23. The van der Waals surface area contributed by atoms with E-state index in [2.05, 4.69) is 121 Å². The van der Waals surface area contributed by atoms with Gasteiger partial charge >= 0.3 is 12.8 Å². The highest BCUT2D eigenvalue weighted by Crippen LogP contribution is 2.38. The summed E-state index contributed by atoms with van der Waals surface area (Å²) in [4.78, 5) is 68.5. The maximum absolute atomic E-state index is 13.2. The Morgan fingerprint density at radius 1 is 0.439 bits per heavy atom. The zero-order valence-corrected chi connectivity index (χ0v) is 87.8. The van der Waals surface area contributed by atoms with Gasteiger partial charge in [0.05, 0.1) is 235 Å². The molecule has 0 fully saturated rings. The van der Waals surface area contributed by atoms with Crippen LogP contribution in [-0.4, -0.2) is 197 Å². The number of aliphatic hydroxyl groups is 1. The number of hydrogen-bond acceptors (Lipinski definition) is 27. The van der Waals surface area contributed by atoms with Crippen molar-refractivity contribution in [1.82, 2.24) is 84.7 Å². The number of aryl methyl sites for hydroxylation is 1. The second-order valence-electron chi connectivity index (χ2n) is 34.0. The molecule has 7 N–H and O–H groups in total. The minimum Gasteiger partial charge on any atom is -0.497 e. The van der Waals surface area contributed by atoms with E-state index in [4.69, 9.17) is 33.2 Å². The summed E-state index contributed by atoms with van der Waals surface area (Å²) < 4.78 is 179. The predicted octanol–water partition coefficient (Wildman–Crippen LogP) is 19.3. The second-order valence-corrected chi connectivity index (χ2v) is 42.4. The molecule has 0 bridgehead atoms. The largest absolute Gasteiger partial charge is 0.497 e. The fourth-order valence-corrected chi connectivity index (χ4v) is 22.9. The highest BCUT2D eigenvalue weighted by Gasteiger charge is 2.32. The molecule has 11 heterocycles. The number of hydrogen-bond donors (Lipinski definition) is 7. The van der Waals surface area contributed by atoms with Crippen molar-refractivity contribution in [2.24, 2.45) is 5.92 Å². The van der Waals surface area contributed by atoms with Gasteiger partial charge in [0, 0.05) is 111 Å². The van der Waals surface area contributed by atoms with Gasteiger partial charge < -0.3 is 77.8 Å². The van der Waals surface area contributed by atoms with Crippen molar-refractivity contribution in [2.45, 2.75) is 158 Å². The molecule has 7 atom stereocenters. The van der Waals surface area contributed by atoms with E-state index in [1.807, 2.05) is 160 Å². The van der Waals surface area contributed by atoms with Crippen molar-refractivity contribution in [2.75, 3.05) is 73.9 Å². The Bertz CT molecular complexity index is 7630. The highest BCUT2D eigenvalue weighted by atomic mass is 32.2. The van der Waals surface area contributed by atoms with Gasteiger partial charge in [-0.15, -0.1) is 0 Å². The molecule has 0 amide bonds. The molecule has 0 radical (unpaired) electrons. The minimum atomic E-state index is -4.42. The maximum Gasteiger partial charge on any atom is 0.422 e. The number of methoxy groups -OCH3 is 5. The second kappa shape index (κ2) is 52.0. The number of H-pyrrole nitrogens is 6. The third-order valence-corrected chi connectivity index (χ3v) is 30.7. The molecule has 18 aromatic rings. The van der Waals surface area contributed by atoms with E-state index in [1.165, 1.54) is 50.9 Å². The first-order valence-electron chi connectivity index (χ1n) is 46.6. The van der Waals surface area contributed by atoms with Gasteiger partial charge in [-0.1, -0.05) is 87.0 Å². The van der Waals surface area contributed by atoms with Crippen LogP contribution in [0.15, 0.2) is 244 Å². The van der Waals surface area contributed by atoms with Crippen LogP contribution in [0.25, 0.3) is 66.2 Å². The number of rotatable bonds is 34. The minimum absolute atomic E-state index is 0.00511. The van der Waals surface area contributed by atoms with Crippen molar-refractivity contribution in [1.29, 1.82) is 0 Å². The maximum atomic E-state index is 13.2. The molecule has 0 saturated heterocycles. The van der Waals surface area contributed by atoms with Crippen LogP contribution in [0.2, 0.25) is 0 Å². The summed E-state index contributed by atoms with van der Waals surface area (Å²) >= 11 is 0. The number of halogens is 5. The number of nitrogens with one attached hydrogen (secondary N) is 6. The SMILES string of the molecule is CC(C)CN(C)c1ccccc1CS(=O)c1nc2ccccc2[nH]1.COCCCOc1ccnc(CS(=O)c2nc3ccccc3[nH]2)c1C.COc1ccc2nc(S(=O)Cc3ncc(C)c(OC)c3C)[nH]c2c1.COc1ccnc(CS(=O)c2nc3ccc(OC(F)F)cc3[nH]2)c1OC.Cc1c(OCC(F)(F)F)ccnc1CS(=O)c1nc2ccccc2[nH]1.O=S(c1nc2ccccc2[nH]1)C1CCCCc2c(CO)ccnc21. The van der Waals surface area contributed by atoms with E-state index in [0.717, 1.165) is 162 Å². The number of aliphatic hydroxyl groups excluding tert-OH is 1. The lowest BCUT2D eigenvalue weighted by Gasteiger charge is -2.24. The molecule has 1 aliphatic rings. The first-order chi connectivity index (χ1) is 71.4. The molecular formula is C104H111F5N18O15S6. The molecule has 148 heavy (non-hydrogen) atoms. The number of imidazole rings is 6. The summed E-state index contributed by atoms with van der Waals surface area (Å²) in [5, 5.41) is 11.8. The summed E-state index contributed by atoms with van der Waals surface area (Å²) in [6.07, 6.45) is 8.11. The molecule has 7 aromatic carbocycles. The first kappa shape index (κ1) is 110. The molecule has 19 rings (SSSR count). The van der Waals surface area contributed by atoms with Crippen LogP contribution in [-0.2, 0) is 111 Å². The molecule has 778 valence electrons.